The lowest BCUT2D eigenvalue weighted by molar-refractivity contribution is -0.438. The van der Waals surface area contributed by atoms with Crippen LogP contribution in [0.5, 0.6) is 0 Å². The quantitative estimate of drug-likeness (QED) is 0.0472. The molecule has 2 aliphatic rings. The maximum absolute atomic E-state index is 12.2. The molecule has 0 aliphatic carbocycles. The molecule has 21 heteroatoms. The van der Waals surface area contributed by atoms with E-state index in [1.807, 2.05) is 11.5 Å². The standard InChI is InChI=1S/C34H49N3O14S4/c1-26-33(2,18-10-22-52(40,41)42)31(37(35-26)21-12-24-54(46,47)48)14-7-4-6-13-30-34(3,19-11-23-53(43,44)45)28-25-27(55(49,50)51)16-17-29(28)36(30)20-9-5-8-15-32(38)39/h4,6-7,13-14,16-17,25H,5,8-12,15,18-24H2,1-3H3,(H4-,38,39,40,41,42,43,44,45,46,47,48,49,50,51)/p+1. The highest BCUT2D eigenvalue weighted by atomic mass is 32.2. The van der Waals surface area contributed by atoms with E-state index in [0.717, 1.165) is 0 Å². The second-order valence-corrected chi connectivity index (χ2v) is 20.2. The number of hydrogen-bond acceptors (Lipinski definition) is 11. The average molecular weight is 853 g/mol. The summed E-state index contributed by atoms with van der Waals surface area (Å²) in [6, 6.07) is 4.13. The zero-order valence-electron chi connectivity index (χ0n) is 30.9. The van der Waals surface area contributed by atoms with E-state index in [2.05, 4.69) is 5.10 Å². The molecule has 0 saturated heterocycles. The Morgan fingerprint density at radius 1 is 0.782 bits per heavy atom. The van der Waals surface area contributed by atoms with Crippen molar-refractivity contribution in [1.82, 2.24) is 5.01 Å². The first-order chi connectivity index (χ1) is 25.3. The number of allylic oxidation sites excluding steroid dienone is 6. The molecule has 1 aromatic rings. The van der Waals surface area contributed by atoms with E-state index in [1.54, 1.807) is 55.3 Å². The second kappa shape index (κ2) is 18.3. The van der Waals surface area contributed by atoms with Gasteiger partial charge in [-0.2, -0.15) is 43.3 Å². The molecule has 2 atom stereocenters. The zero-order valence-corrected chi connectivity index (χ0v) is 34.2. The van der Waals surface area contributed by atoms with Crippen LogP contribution in [-0.2, 0) is 50.7 Å². The van der Waals surface area contributed by atoms with E-state index < -0.39 is 74.5 Å². The van der Waals surface area contributed by atoms with Crippen molar-refractivity contribution in [3.8, 4) is 0 Å². The van der Waals surface area contributed by atoms with Gasteiger partial charge in [-0.3, -0.25) is 28.0 Å². The van der Waals surface area contributed by atoms with Gasteiger partial charge in [-0.25, -0.2) is 0 Å². The Labute approximate surface area is 323 Å². The Morgan fingerprint density at radius 2 is 1.36 bits per heavy atom. The molecule has 0 bridgehead atoms. The fourth-order valence-corrected chi connectivity index (χ4v) is 8.97. The van der Waals surface area contributed by atoms with E-state index in [9.17, 15) is 56.7 Å². The van der Waals surface area contributed by atoms with Crippen LogP contribution in [-0.4, -0.2) is 114 Å². The smallest absolute Gasteiger partial charge is 0.303 e. The average Bonchev–Trinajstić information content (AvgIpc) is 3.39. The van der Waals surface area contributed by atoms with Crippen LogP contribution in [0.3, 0.4) is 0 Å². The summed E-state index contributed by atoms with van der Waals surface area (Å²) in [6.07, 6.45) is 10.6. The van der Waals surface area contributed by atoms with Gasteiger partial charge in [0.25, 0.3) is 40.5 Å². The van der Waals surface area contributed by atoms with Crippen LogP contribution in [0.25, 0.3) is 0 Å². The molecule has 0 radical (unpaired) electrons. The fourth-order valence-electron chi connectivity index (χ4n) is 6.95. The summed E-state index contributed by atoms with van der Waals surface area (Å²) in [4.78, 5) is 10.7. The summed E-state index contributed by atoms with van der Waals surface area (Å²) in [5, 5.41) is 15.2. The monoisotopic (exact) mass is 852 g/mol. The maximum atomic E-state index is 12.2. The highest BCUT2D eigenvalue weighted by molar-refractivity contribution is 7.86. The lowest BCUT2D eigenvalue weighted by atomic mass is 9.76. The topological polar surface area (TPSA) is 273 Å². The molecular weight excluding hydrogens is 803 g/mol. The maximum Gasteiger partial charge on any atom is 0.303 e. The van der Waals surface area contributed by atoms with Gasteiger partial charge in [0.15, 0.2) is 5.71 Å². The Kier molecular flexibility index (Phi) is 15.3. The minimum Gasteiger partial charge on any atom is -0.481 e. The van der Waals surface area contributed by atoms with E-state index in [0.29, 0.717) is 54.2 Å². The first-order valence-electron chi connectivity index (χ1n) is 17.5. The van der Waals surface area contributed by atoms with E-state index in [-0.39, 0.29) is 50.0 Å². The van der Waals surface area contributed by atoms with E-state index in [1.165, 1.54) is 12.1 Å². The SMILES string of the molecule is CC1=NN(CCCS(=O)(=O)O)\C(=C/C=C/C=C/C2=[N+](CCCCCC(=O)O)c3ccc(S(=O)(=O)O)cc3C2(C)CCCS(=O)(=O)O)C1(C)CCCS(=O)(=O)O. The summed E-state index contributed by atoms with van der Waals surface area (Å²) in [5.74, 6) is -2.46. The first kappa shape index (κ1) is 46.1. The number of fused-ring (bicyclic) bond motifs is 1. The van der Waals surface area contributed by atoms with Crippen molar-refractivity contribution in [2.24, 2.45) is 10.5 Å². The molecule has 0 aromatic heterocycles. The molecule has 308 valence electrons. The molecule has 55 heavy (non-hydrogen) atoms. The van der Waals surface area contributed by atoms with Gasteiger partial charge in [-0.05, 0) is 83.9 Å². The van der Waals surface area contributed by atoms with Gasteiger partial charge in [0, 0.05) is 53.9 Å². The number of hydrazone groups is 1. The zero-order chi connectivity index (χ0) is 41.5. The molecule has 2 unspecified atom stereocenters. The van der Waals surface area contributed by atoms with Crippen LogP contribution >= 0.6 is 0 Å². The third-order valence-electron chi connectivity index (χ3n) is 9.85. The van der Waals surface area contributed by atoms with Crippen molar-refractivity contribution < 1.29 is 66.4 Å². The molecule has 0 fully saturated rings. The van der Waals surface area contributed by atoms with E-state index in [4.69, 9.17) is 5.11 Å². The molecule has 2 aliphatic heterocycles. The number of carboxylic acids is 1. The van der Waals surface area contributed by atoms with Crippen molar-refractivity contribution in [3.63, 3.8) is 0 Å². The number of hydrogen-bond donors (Lipinski definition) is 5. The molecule has 0 saturated carbocycles. The summed E-state index contributed by atoms with van der Waals surface area (Å²) in [7, 11) is -17.4. The van der Waals surface area contributed by atoms with Gasteiger partial charge in [0.05, 0.1) is 27.6 Å². The Balaban J connectivity index is 2.07. The van der Waals surface area contributed by atoms with Gasteiger partial charge < -0.3 is 5.11 Å². The predicted octanol–water partition coefficient (Wildman–Crippen LogP) is 4.24. The lowest BCUT2D eigenvalue weighted by Gasteiger charge is -2.29. The predicted molar refractivity (Wildman–Crippen MR) is 206 cm³/mol. The second-order valence-electron chi connectivity index (χ2n) is 14.1. The number of nitrogens with zero attached hydrogens (tertiary/aromatic N) is 3. The van der Waals surface area contributed by atoms with Crippen LogP contribution < -0.4 is 0 Å². The molecule has 0 amide bonds. The third kappa shape index (κ3) is 13.4. The van der Waals surface area contributed by atoms with Crippen LogP contribution in [0.1, 0.15) is 84.1 Å². The molecule has 17 nitrogen and oxygen atoms in total. The lowest BCUT2D eigenvalue weighted by Crippen LogP contribution is -2.32. The minimum absolute atomic E-state index is 0.000459. The molecule has 5 N–H and O–H groups in total. The number of aliphatic carboxylic acids is 1. The van der Waals surface area contributed by atoms with Crippen molar-refractivity contribution in [2.75, 3.05) is 30.3 Å². The van der Waals surface area contributed by atoms with Crippen LogP contribution in [0.2, 0.25) is 0 Å². The molecule has 1 aromatic carbocycles. The van der Waals surface area contributed by atoms with Crippen molar-refractivity contribution in [3.05, 3.63) is 59.8 Å². The first-order valence-corrected chi connectivity index (χ1v) is 23.8. The van der Waals surface area contributed by atoms with Crippen molar-refractivity contribution >= 4 is 63.6 Å². The van der Waals surface area contributed by atoms with Gasteiger partial charge in [0.1, 0.15) is 6.54 Å². The highest BCUT2D eigenvalue weighted by Gasteiger charge is 2.48. The third-order valence-corrected chi connectivity index (χ3v) is 13.1. The van der Waals surface area contributed by atoms with Gasteiger partial charge >= 0.3 is 5.97 Å². The number of carboxylic acid groups (broad SMARTS) is 1. The summed E-state index contributed by atoms with van der Waals surface area (Å²) in [5.41, 5.74) is 1.15. The van der Waals surface area contributed by atoms with Gasteiger partial charge in [-0.1, -0.05) is 18.2 Å². The number of benzene rings is 1. The molecule has 2 heterocycles. The van der Waals surface area contributed by atoms with Crippen LogP contribution in [0.4, 0.5) is 5.69 Å². The molecule has 0 spiro atoms. The van der Waals surface area contributed by atoms with Gasteiger partial charge in [0.2, 0.25) is 5.69 Å². The minimum atomic E-state index is -4.62. The molecular formula is C34H50N3O14S4+. The van der Waals surface area contributed by atoms with E-state index >= 15 is 0 Å². The van der Waals surface area contributed by atoms with Crippen molar-refractivity contribution in [2.45, 2.75) is 88.9 Å². The fraction of sp³-hybridized carbons (Fsp3) is 0.559. The van der Waals surface area contributed by atoms with Gasteiger partial charge in [-0.15, -0.1) is 0 Å². The highest BCUT2D eigenvalue weighted by Crippen LogP contribution is 2.45. The number of rotatable bonds is 22. The largest absolute Gasteiger partial charge is 0.481 e. The van der Waals surface area contributed by atoms with Crippen molar-refractivity contribution in [1.29, 1.82) is 0 Å². The normalized spacial score (nSPS) is 21.7. The van der Waals surface area contributed by atoms with Crippen LogP contribution in [0.15, 0.2) is 64.3 Å². The van der Waals surface area contributed by atoms with Crippen LogP contribution in [0, 0.1) is 5.41 Å². The summed E-state index contributed by atoms with van der Waals surface area (Å²) >= 11 is 0. The summed E-state index contributed by atoms with van der Waals surface area (Å²) in [6.45, 7) is 5.88. The molecule has 3 rings (SSSR count). The Hall–Kier alpha value is -3.31. The summed E-state index contributed by atoms with van der Waals surface area (Å²) < 4.78 is 133. The number of carbonyl (C=O) groups is 1. The Morgan fingerprint density at radius 3 is 1.93 bits per heavy atom. The Bertz CT molecular complexity index is 2210. The number of unbranched alkanes of at least 4 members (excludes halogenated alkanes) is 2.